The van der Waals surface area contributed by atoms with Crippen molar-refractivity contribution in [2.45, 2.75) is 77.7 Å². The van der Waals surface area contributed by atoms with Crippen LogP contribution in [0.15, 0.2) is 12.1 Å². The fraction of sp³-hybridized carbons (Fsp3) is 0.750. The van der Waals surface area contributed by atoms with Gasteiger partial charge in [0.2, 0.25) is 0 Å². The van der Waals surface area contributed by atoms with Crippen LogP contribution in [-0.4, -0.2) is 51.4 Å². The van der Waals surface area contributed by atoms with Gasteiger partial charge in [-0.1, -0.05) is 20.8 Å². The molecule has 3 rings (SSSR count). The van der Waals surface area contributed by atoms with E-state index in [-0.39, 0.29) is 23.1 Å². The summed E-state index contributed by atoms with van der Waals surface area (Å²) in [6, 6.07) is 3.00. The van der Waals surface area contributed by atoms with E-state index in [1.54, 1.807) is 17.9 Å². The van der Waals surface area contributed by atoms with E-state index in [1.165, 1.54) is 6.07 Å². The van der Waals surface area contributed by atoms with E-state index in [1.807, 2.05) is 0 Å². The van der Waals surface area contributed by atoms with Gasteiger partial charge < -0.3 is 14.7 Å². The van der Waals surface area contributed by atoms with E-state index in [9.17, 15) is 18.7 Å². The molecule has 1 spiro atoms. The van der Waals surface area contributed by atoms with Gasteiger partial charge in [-0.2, -0.15) is 8.78 Å². The number of aliphatic hydroxyl groups excluding tert-OH is 1. The highest BCUT2D eigenvalue weighted by atomic mass is 19.3. The zero-order valence-corrected chi connectivity index (χ0v) is 16.5. The zero-order chi connectivity index (χ0) is 20.0. The number of likely N-dealkylation sites (tertiary alicyclic amines) is 1. The lowest BCUT2D eigenvalue weighted by atomic mass is 9.76. The molecule has 0 aromatic carbocycles. The molecular weight excluding hydrogens is 354 g/mol. The molecule has 1 aromatic rings. The van der Waals surface area contributed by atoms with E-state index < -0.39 is 18.3 Å². The van der Waals surface area contributed by atoms with Gasteiger partial charge in [-0.15, -0.1) is 0 Å². The average molecular weight is 384 g/mol. The van der Waals surface area contributed by atoms with Crippen LogP contribution in [0.25, 0.3) is 0 Å². The Kier molecular flexibility index (Phi) is 5.38. The van der Waals surface area contributed by atoms with Crippen molar-refractivity contribution < 1.29 is 23.4 Å². The van der Waals surface area contributed by atoms with Crippen LogP contribution in [0.5, 0.6) is 0 Å². The summed E-state index contributed by atoms with van der Waals surface area (Å²) < 4.78 is 33.8. The summed E-state index contributed by atoms with van der Waals surface area (Å²) in [6.45, 7) is 6.01. The molecule has 2 aliphatic heterocycles. The highest BCUT2D eigenvalue weighted by molar-refractivity contribution is 5.93. The summed E-state index contributed by atoms with van der Waals surface area (Å²) in [5.74, 6) is -0.373. The quantitative estimate of drug-likeness (QED) is 0.845. The van der Waals surface area contributed by atoms with Crippen LogP contribution in [-0.2, 0) is 4.74 Å². The highest BCUT2D eigenvalue weighted by Crippen LogP contribution is 2.42. The molecule has 0 aliphatic carbocycles. The van der Waals surface area contributed by atoms with Crippen LogP contribution >= 0.6 is 0 Å². The molecule has 152 valence electrons. The molecule has 0 saturated carbocycles. The predicted molar refractivity (Wildman–Crippen MR) is 97.9 cm³/mol. The van der Waals surface area contributed by atoms with Crippen molar-refractivity contribution in [2.75, 3.05) is 13.1 Å². The highest BCUT2D eigenvalue weighted by Gasteiger charge is 2.46. The number of hydrogen-bond acceptors (Lipinski definition) is 3. The lowest BCUT2D eigenvalue weighted by Crippen LogP contribution is -2.55. The molecule has 0 bridgehead atoms. The number of piperidine rings is 1. The Morgan fingerprint density at radius 3 is 2.48 bits per heavy atom. The third-order valence-corrected chi connectivity index (χ3v) is 5.95. The van der Waals surface area contributed by atoms with Gasteiger partial charge in [0.15, 0.2) is 0 Å². The van der Waals surface area contributed by atoms with Gasteiger partial charge in [-0.25, -0.2) is 0 Å². The fourth-order valence-electron chi connectivity index (χ4n) is 4.27. The van der Waals surface area contributed by atoms with Crippen molar-refractivity contribution >= 4 is 5.91 Å². The maximum Gasteiger partial charge on any atom is 0.319 e. The van der Waals surface area contributed by atoms with E-state index >= 15 is 0 Å². The molecular formula is C20H30F2N2O3. The summed E-state index contributed by atoms with van der Waals surface area (Å²) in [5, 5.41) is 10.4. The molecule has 2 saturated heterocycles. The number of carbonyl (C=O) groups excluding carboxylic acids is 1. The monoisotopic (exact) mass is 384 g/mol. The van der Waals surface area contributed by atoms with Crippen LogP contribution < -0.4 is 0 Å². The van der Waals surface area contributed by atoms with Crippen LogP contribution in [0, 0.1) is 12.3 Å². The molecule has 7 heteroatoms. The van der Waals surface area contributed by atoms with Gasteiger partial charge >= 0.3 is 6.55 Å². The first-order valence-electron chi connectivity index (χ1n) is 9.63. The minimum Gasteiger partial charge on any atom is -0.393 e. The molecule has 2 atom stereocenters. The second-order valence-electron chi connectivity index (χ2n) is 9.05. The molecule has 3 heterocycles. The topological polar surface area (TPSA) is 54.7 Å². The van der Waals surface area contributed by atoms with Crippen molar-refractivity contribution in [2.24, 2.45) is 5.41 Å². The minimum atomic E-state index is -2.74. The first kappa shape index (κ1) is 20.3. The Bertz CT molecular complexity index is 688. The summed E-state index contributed by atoms with van der Waals surface area (Å²) in [6.07, 6.45) is 1.95. The number of nitrogens with zero attached hydrogens (tertiary/aromatic N) is 2. The Hall–Kier alpha value is -1.47. The van der Waals surface area contributed by atoms with Crippen molar-refractivity contribution in [1.29, 1.82) is 0 Å². The van der Waals surface area contributed by atoms with Crippen molar-refractivity contribution in [1.82, 2.24) is 9.47 Å². The first-order chi connectivity index (χ1) is 12.5. The molecule has 1 aromatic heterocycles. The SMILES string of the molecule is Cc1ccc(C(=O)N2CCC3(CC2)C[C@H](O)C[C@H](C(C)(C)C)O3)n1C(F)F. The van der Waals surface area contributed by atoms with Gasteiger partial charge in [0.05, 0.1) is 17.8 Å². The molecule has 27 heavy (non-hydrogen) atoms. The maximum atomic E-state index is 13.3. The molecule has 2 fully saturated rings. The number of amides is 1. The van der Waals surface area contributed by atoms with Crippen molar-refractivity contribution in [3.8, 4) is 0 Å². The lowest BCUT2D eigenvalue weighted by molar-refractivity contribution is -0.205. The number of halogens is 2. The maximum absolute atomic E-state index is 13.3. The summed E-state index contributed by atoms with van der Waals surface area (Å²) >= 11 is 0. The Labute approximate surface area is 159 Å². The molecule has 0 unspecified atom stereocenters. The molecule has 1 N–H and O–H groups in total. The van der Waals surface area contributed by atoms with Crippen molar-refractivity contribution in [3.05, 3.63) is 23.5 Å². The number of hydrogen-bond donors (Lipinski definition) is 1. The molecule has 1 amide bonds. The van der Waals surface area contributed by atoms with E-state index in [4.69, 9.17) is 4.74 Å². The number of ether oxygens (including phenoxy) is 1. The number of carbonyl (C=O) groups is 1. The normalized spacial score (nSPS) is 26.0. The third-order valence-electron chi connectivity index (χ3n) is 5.95. The summed E-state index contributed by atoms with van der Waals surface area (Å²) in [4.78, 5) is 14.4. The van der Waals surface area contributed by atoms with E-state index in [2.05, 4.69) is 20.8 Å². The van der Waals surface area contributed by atoms with Crippen LogP contribution in [0.1, 0.15) is 69.2 Å². The summed E-state index contributed by atoms with van der Waals surface area (Å²) in [5.41, 5.74) is -0.117. The number of aromatic nitrogens is 1. The Morgan fingerprint density at radius 2 is 1.93 bits per heavy atom. The zero-order valence-electron chi connectivity index (χ0n) is 16.5. The van der Waals surface area contributed by atoms with Crippen LogP contribution in [0.2, 0.25) is 0 Å². The summed E-state index contributed by atoms with van der Waals surface area (Å²) in [7, 11) is 0. The number of aryl methyl sites for hydroxylation is 1. The second kappa shape index (κ2) is 7.17. The Morgan fingerprint density at radius 1 is 1.30 bits per heavy atom. The third kappa shape index (κ3) is 4.04. The van der Waals surface area contributed by atoms with E-state index in [0.29, 0.717) is 44.5 Å². The van der Waals surface area contributed by atoms with Gasteiger partial charge in [0, 0.05) is 31.6 Å². The fourth-order valence-corrected chi connectivity index (χ4v) is 4.27. The average Bonchev–Trinajstić information content (AvgIpc) is 2.95. The predicted octanol–water partition coefficient (Wildman–Crippen LogP) is 3.75. The van der Waals surface area contributed by atoms with Gasteiger partial charge in [0.25, 0.3) is 5.91 Å². The smallest absolute Gasteiger partial charge is 0.319 e. The number of rotatable bonds is 2. The molecule has 0 radical (unpaired) electrons. The van der Waals surface area contributed by atoms with Gasteiger partial charge in [-0.05, 0) is 37.3 Å². The van der Waals surface area contributed by atoms with Gasteiger partial charge in [0.1, 0.15) is 5.69 Å². The lowest BCUT2D eigenvalue weighted by Gasteiger charge is -2.50. The number of alkyl halides is 2. The molecule has 5 nitrogen and oxygen atoms in total. The number of aliphatic hydroxyl groups is 1. The minimum absolute atomic E-state index is 0.0237. The largest absolute Gasteiger partial charge is 0.393 e. The standard InChI is InChI=1S/C20H30F2N2O3/c1-13-5-6-15(24(13)18(21)22)17(26)23-9-7-20(8-10-23)12-14(25)11-16(27-20)19(2,3)4/h5-6,14,16,18,25H,7-12H2,1-4H3/t14-,16-/m1/s1. The van der Waals surface area contributed by atoms with Crippen LogP contribution in [0.4, 0.5) is 8.78 Å². The van der Waals surface area contributed by atoms with Crippen molar-refractivity contribution in [3.63, 3.8) is 0 Å². The van der Waals surface area contributed by atoms with Gasteiger partial charge in [-0.3, -0.25) is 9.36 Å². The molecule has 2 aliphatic rings. The second-order valence-corrected chi connectivity index (χ2v) is 9.05. The van der Waals surface area contributed by atoms with E-state index in [0.717, 1.165) is 4.57 Å². The first-order valence-corrected chi connectivity index (χ1v) is 9.63. The van der Waals surface area contributed by atoms with Crippen LogP contribution in [0.3, 0.4) is 0 Å². The Balaban J connectivity index is 1.71.